The predicted octanol–water partition coefficient (Wildman–Crippen LogP) is 2.92. The molecule has 1 amide bonds. The molecule has 2 aromatic rings. The van der Waals surface area contributed by atoms with Crippen molar-refractivity contribution >= 4 is 5.91 Å². The van der Waals surface area contributed by atoms with Gasteiger partial charge in [-0.25, -0.2) is 0 Å². The van der Waals surface area contributed by atoms with Gasteiger partial charge in [0, 0.05) is 5.69 Å². The lowest BCUT2D eigenvalue weighted by Gasteiger charge is -2.15. The largest absolute Gasteiger partial charge is 0.494 e. The SMILES string of the molecule is CCOc1ccc(C(C)NC(=O)c2c(C)n[nH]c2C)cc1. The molecule has 0 saturated carbocycles. The number of H-pyrrole nitrogens is 1. The van der Waals surface area contributed by atoms with E-state index in [1.54, 1.807) is 0 Å². The molecule has 0 aliphatic carbocycles. The van der Waals surface area contributed by atoms with Crippen LogP contribution in [0.5, 0.6) is 5.75 Å². The number of nitrogens with zero attached hydrogens (tertiary/aromatic N) is 1. The fourth-order valence-electron chi connectivity index (χ4n) is 2.26. The number of aromatic amines is 1. The highest BCUT2D eigenvalue weighted by atomic mass is 16.5. The topological polar surface area (TPSA) is 67.0 Å². The predicted molar refractivity (Wildman–Crippen MR) is 81.6 cm³/mol. The van der Waals surface area contributed by atoms with E-state index in [2.05, 4.69) is 15.5 Å². The van der Waals surface area contributed by atoms with Crippen LogP contribution in [-0.4, -0.2) is 22.7 Å². The second kappa shape index (κ2) is 6.43. The second-order valence-electron chi connectivity index (χ2n) is 5.01. The van der Waals surface area contributed by atoms with Crippen LogP contribution in [0.3, 0.4) is 0 Å². The Morgan fingerprint density at radius 3 is 2.52 bits per heavy atom. The molecule has 21 heavy (non-hydrogen) atoms. The molecule has 112 valence electrons. The molecule has 5 nitrogen and oxygen atoms in total. The van der Waals surface area contributed by atoms with Gasteiger partial charge in [-0.1, -0.05) is 12.1 Å². The summed E-state index contributed by atoms with van der Waals surface area (Å²) in [6.45, 7) is 8.21. The molecule has 1 unspecified atom stereocenters. The number of amides is 1. The van der Waals surface area contributed by atoms with Crippen molar-refractivity contribution in [3.63, 3.8) is 0 Å². The minimum atomic E-state index is -0.111. The van der Waals surface area contributed by atoms with Crippen LogP contribution in [0.1, 0.15) is 47.2 Å². The molecule has 0 radical (unpaired) electrons. The Balaban J connectivity index is 2.07. The van der Waals surface area contributed by atoms with Gasteiger partial charge in [0.2, 0.25) is 0 Å². The molecule has 5 heteroatoms. The first-order valence-electron chi connectivity index (χ1n) is 7.08. The normalized spacial score (nSPS) is 12.0. The summed E-state index contributed by atoms with van der Waals surface area (Å²) in [7, 11) is 0. The van der Waals surface area contributed by atoms with Crippen LogP contribution >= 0.6 is 0 Å². The molecular formula is C16H21N3O2. The number of carbonyl (C=O) groups excluding carboxylic acids is 1. The summed E-state index contributed by atoms with van der Waals surface area (Å²) >= 11 is 0. The molecular weight excluding hydrogens is 266 g/mol. The van der Waals surface area contributed by atoms with Crippen molar-refractivity contribution in [3.05, 3.63) is 46.8 Å². The van der Waals surface area contributed by atoms with Gasteiger partial charge in [-0.3, -0.25) is 9.89 Å². The quantitative estimate of drug-likeness (QED) is 0.888. The van der Waals surface area contributed by atoms with Crippen LogP contribution in [0.25, 0.3) is 0 Å². The van der Waals surface area contributed by atoms with Crippen LogP contribution in [-0.2, 0) is 0 Å². The van der Waals surface area contributed by atoms with E-state index in [1.165, 1.54) is 0 Å². The highest BCUT2D eigenvalue weighted by Gasteiger charge is 2.17. The summed E-state index contributed by atoms with van der Waals surface area (Å²) in [5.41, 5.74) is 3.14. The summed E-state index contributed by atoms with van der Waals surface area (Å²) in [6, 6.07) is 7.67. The number of rotatable bonds is 5. The molecule has 0 bridgehead atoms. The Hall–Kier alpha value is -2.30. The molecule has 2 N–H and O–H groups in total. The third kappa shape index (κ3) is 3.42. The highest BCUT2D eigenvalue weighted by Crippen LogP contribution is 2.19. The van der Waals surface area contributed by atoms with Gasteiger partial charge in [0.05, 0.1) is 23.9 Å². The lowest BCUT2D eigenvalue weighted by Crippen LogP contribution is -2.27. The maximum Gasteiger partial charge on any atom is 0.255 e. The maximum absolute atomic E-state index is 12.3. The van der Waals surface area contributed by atoms with Gasteiger partial charge in [-0.05, 0) is 45.4 Å². The fraction of sp³-hybridized carbons (Fsp3) is 0.375. The average molecular weight is 287 g/mol. The summed E-state index contributed by atoms with van der Waals surface area (Å²) in [4.78, 5) is 12.3. The molecule has 0 saturated heterocycles. The highest BCUT2D eigenvalue weighted by molar-refractivity contribution is 5.96. The number of ether oxygens (including phenoxy) is 1. The van der Waals surface area contributed by atoms with E-state index in [0.717, 1.165) is 17.0 Å². The summed E-state index contributed by atoms with van der Waals surface area (Å²) in [6.07, 6.45) is 0. The number of carbonyl (C=O) groups is 1. The van der Waals surface area contributed by atoms with Gasteiger partial charge in [0.1, 0.15) is 5.75 Å². The second-order valence-corrected chi connectivity index (χ2v) is 5.01. The van der Waals surface area contributed by atoms with Gasteiger partial charge < -0.3 is 10.1 Å². The van der Waals surface area contributed by atoms with Crippen molar-refractivity contribution in [1.29, 1.82) is 0 Å². The molecule has 0 fully saturated rings. The molecule has 0 aliphatic heterocycles. The van der Waals surface area contributed by atoms with Crippen molar-refractivity contribution in [3.8, 4) is 5.75 Å². The van der Waals surface area contributed by atoms with E-state index >= 15 is 0 Å². The summed E-state index contributed by atoms with van der Waals surface area (Å²) < 4.78 is 5.41. The Morgan fingerprint density at radius 1 is 1.33 bits per heavy atom. The summed E-state index contributed by atoms with van der Waals surface area (Å²) in [5.74, 6) is 0.724. The Bertz CT molecular complexity index is 597. The zero-order valence-corrected chi connectivity index (χ0v) is 12.9. The lowest BCUT2D eigenvalue weighted by molar-refractivity contribution is 0.0938. The standard InChI is InChI=1S/C16H21N3O2/c1-5-21-14-8-6-13(7-9-14)10(2)17-16(20)15-11(3)18-19-12(15)4/h6-10H,5H2,1-4H3,(H,17,20)(H,18,19). The first-order valence-corrected chi connectivity index (χ1v) is 7.08. The Labute approximate surface area is 124 Å². The molecule has 1 atom stereocenters. The van der Waals surface area contributed by atoms with E-state index in [1.807, 2.05) is 52.0 Å². The van der Waals surface area contributed by atoms with Crippen LogP contribution in [0.15, 0.2) is 24.3 Å². The number of aromatic nitrogens is 2. The van der Waals surface area contributed by atoms with Crippen molar-refractivity contribution in [1.82, 2.24) is 15.5 Å². The fourth-order valence-corrected chi connectivity index (χ4v) is 2.26. The zero-order valence-electron chi connectivity index (χ0n) is 12.9. The zero-order chi connectivity index (χ0) is 15.4. The van der Waals surface area contributed by atoms with E-state index < -0.39 is 0 Å². The number of nitrogens with one attached hydrogen (secondary N) is 2. The van der Waals surface area contributed by atoms with Gasteiger partial charge in [0.25, 0.3) is 5.91 Å². The van der Waals surface area contributed by atoms with Gasteiger partial charge in [-0.15, -0.1) is 0 Å². The van der Waals surface area contributed by atoms with Crippen molar-refractivity contribution in [2.75, 3.05) is 6.61 Å². The van der Waals surface area contributed by atoms with Crippen molar-refractivity contribution in [2.45, 2.75) is 33.7 Å². The minimum Gasteiger partial charge on any atom is -0.494 e. The van der Waals surface area contributed by atoms with E-state index in [4.69, 9.17) is 4.74 Å². The first kappa shape index (κ1) is 15.1. The number of aryl methyl sites for hydroxylation is 2. The molecule has 1 heterocycles. The molecule has 1 aromatic carbocycles. The molecule has 2 rings (SSSR count). The van der Waals surface area contributed by atoms with Crippen molar-refractivity contribution in [2.24, 2.45) is 0 Å². The third-order valence-electron chi connectivity index (χ3n) is 3.39. The molecule has 0 spiro atoms. The smallest absolute Gasteiger partial charge is 0.255 e. The van der Waals surface area contributed by atoms with Crippen molar-refractivity contribution < 1.29 is 9.53 Å². The van der Waals surface area contributed by atoms with Crippen LogP contribution in [0.4, 0.5) is 0 Å². The van der Waals surface area contributed by atoms with Crippen LogP contribution in [0, 0.1) is 13.8 Å². The van der Waals surface area contributed by atoms with Crippen LogP contribution in [0.2, 0.25) is 0 Å². The van der Waals surface area contributed by atoms with Gasteiger partial charge in [0.15, 0.2) is 0 Å². The molecule has 0 aliphatic rings. The third-order valence-corrected chi connectivity index (χ3v) is 3.39. The van der Waals surface area contributed by atoms with Crippen LogP contribution < -0.4 is 10.1 Å². The van der Waals surface area contributed by atoms with Gasteiger partial charge in [-0.2, -0.15) is 5.10 Å². The van der Waals surface area contributed by atoms with E-state index in [9.17, 15) is 4.79 Å². The lowest BCUT2D eigenvalue weighted by atomic mass is 10.1. The summed E-state index contributed by atoms with van der Waals surface area (Å²) in [5, 5.41) is 9.86. The van der Waals surface area contributed by atoms with E-state index in [0.29, 0.717) is 17.9 Å². The minimum absolute atomic E-state index is 0.0816. The first-order chi connectivity index (χ1) is 10.0. The number of benzene rings is 1. The Kier molecular flexibility index (Phi) is 4.62. The maximum atomic E-state index is 12.3. The van der Waals surface area contributed by atoms with Gasteiger partial charge >= 0.3 is 0 Å². The number of hydrogen-bond acceptors (Lipinski definition) is 3. The number of hydrogen-bond donors (Lipinski definition) is 2. The molecule has 1 aromatic heterocycles. The average Bonchev–Trinajstić information content (AvgIpc) is 2.79. The monoisotopic (exact) mass is 287 g/mol. The van der Waals surface area contributed by atoms with E-state index in [-0.39, 0.29) is 11.9 Å². The Morgan fingerprint density at radius 2 is 2.00 bits per heavy atom.